The van der Waals surface area contributed by atoms with Gasteiger partial charge in [0.15, 0.2) is 0 Å². The van der Waals surface area contributed by atoms with Crippen LogP contribution in [0.2, 0.25) is 5.02 Å². The van der Waals surface area contributed by atoms with Gasteiger partial charge in [0.25, 0.3) is 5.91 Å². The topological polar surface area (TPSA) is 92.3 Å². The van der Waals surface area contributed by atoms with Gasteiger partial charge in [0, 0.05) is 29.7 Å². The molecule has 31 heavy (non-hydrogen) atoms. The van der Waals surface area contributed by atoms with E-state index < -0.39 is 21.7 Å². The van der Waals surface area contributed by atoms with E-state index in [0.29, 0.717) is 28.7 Å². The molecular formula is C20H18ClFN4O3S2. The van der Waals surface area contributed by atoms with Crippen LogP contribution in [0.15, 0.2) is 53.4 Å². The predicted octanol–water partition coefficient (Wildman–Crippen LogP) is 4.15. The van der Waals surface area contributed by atoms with Crippen LogP contribution < -0.4 is 5.32 Å². The molecule has 1 aliphatic rings. The quantitative estimate of drug-likeness (QED) is 0.592. The molecule has 1 fully saturated rings. The molecule has 4 rings (SSSR count). The lowest BCUT2D eigenvalue weighted by atomic mass is 10.0. The lowest BCUT2D eigenvalue weighted by molar-refractivity contribution is 0.102. The van der Waals surface area contributed by atoms with Gasteiger partial charge in [-0.2, -0.15) is 4.31 Å². The summed E-state index contributed by atoms with van der Waals surface area (Å²) in [6.45, 7) is 0.603. The summed E-state index contributed by atoms with van der Waals surface area (Å²) in [5, 5.41) is 12.2. The van der Waals surface area contributed by atoms with E-state index in [2.05, 4.69) is 15.5 Å². The average molecular weight is 481 g/mol. The highest BCUT2D eigenvalue weighted by Crippen LogP contribution is 2.32. The van der Waals surface area contributed by atoms with Gasteiger partial charge in [0.1, 0.15) is 10.8 Å². The number of amides is 1. The van der Waals surface area contributed by atoms with Crippen molar-refractivity contribution in [3.63, 3.8) is 0 Å². The first-order chi connectivity index (χ1) is 14.8. The van der Waals surface area contributed by atoms with Gasteiger partial charge < -0.3 is 5.32 Å². The molecule has 0 radical (unpaired) electrons. The Morgan fingerprint density at radius 3 is 2.55 bits per heavy atom. The third-order valence-electron chi connectivity index (χ3n) is 4.92. The van der Waals surface area contributed by atoms with Crippen LogP contribution >= 0.6 is 22.9 Å². The van der Waals surface area contributed by atoms with E-state index >= 15 is 0 Å². The maximum Gasteiger partial charge on any atom is 0.286 e. The van der Waals surface area contributed by atoms with Crippen LogP contribution in [0.3, 0.4) is 0 Å². The van der Waals surface area contributed by atoms with Crippen molar-refractivity contribution in [3.05, 3.63) is 69.4 Å². The van der Waals surface area contributed by atoms with Crippen molar-refractivity contribution in [1.82, 2.24) is 14.5 Å². The second kappa shape index (κ2) is 8.99. The highest BCUT2D eigenvalue weighted by atomic mass is 35.5. The summed E-state index contributed by atoms with van der Waals surface area (Å²) in [5.41, 5.74) is 0.584. The first-order valence-corrected chi connectivity index (χ1v) is 12.1. The molecule has 2 heterocycles. The highest BCUT2D eigenvalue weighted by Gasteiger charge is 2.32. The standard InChI is InChI=1S/C20H18ClFN4O3S2/c21-14-3-7-16(8-4-14)23-18(27)20-25-24-19(30-20)13-2-1-11-26(12-13)31(28,29)17-9-5-15(22)6-10-17/h3-10,13H,1-2,11-12H2,(H,23,27)/t13-/m1/s1. The van der Waals surface area contributed by atoms with Crippen molar-refractivity contribution >= 4 is 44.6 Å². The molecule has 0 spiro atoms. The summed E-state index contributed by atoms with van der Waals surface area (Å²) in [6.07, 6.45) is 1.39. The number of rotatable bonds is 5. The molecule has 1 aliphatic heterocycles. The zero-order chi connectivity index (χ0) is 22.0. The van der Waals surface area contributed by atoms with Crippen LogP contribution in [-0.2, 0) is 10.0 Å². The lowest BCUT2D eigenvalue weighted by Crippen LogP contribution is -2.39. The summed E-state index contributed by atoms with van der Waals surface area (Å²) in [6, 6.07) is 11.5. The minimum atomic E-state index is -3.74. The Labute approximate surface area is 187 Å². The number of hydrogen-bond donors (Lipinski definition) is 1. The summed E-state index contributed by atoms with van der Waals surface area (Å²) in [7, 11) is -3.74. The highest BCUT2D eigenvalue weighted by molar-refractivity contribution is 7.89. The molecule has 2 aromatic carbocycles. The van der Waals surface area contributed by atoms with E-state index in [0.717, 1.165) is 29.9 Å². The molecule has 0 bridgehead atoms. The normalized spacial score (nSPS) is 17.4. The second-order valence-electron chi connectivity index (χ2n) is 7.06. The molecule has 1 aromatic heterocycles. The second-order valence-corrected chi connectivity index (χ2v) is 10.4. The Balaban J connectivity index is 1.46. The van der Waals surface area contributed by atoms with Gasteiger partial charge in [-0.3, -0.25) is 4.79 Å². The van der Waals surface area contributed by atoms with Crippen LogP contribution in [0.1, 0.15) is 33.6 Å². The monoisotopic (exact) mass is 480 g/mol. The van der Waals surface area contributed by atoms with Gasteiger partial charge in [-0.15, -0.1) is 10.2 Å². The number of aromatic nitrogens is 2. The Morgan fingerprint density at radius 2 is 1.84 bits per heavy atom. The van der Waals surface area contributed by atoms with E-state index in [1.54, 1.807) is 24.3 Å². The molecule has 0 unspecified atom stereocenters. The number of benzene rings is 2. The van der Waals surface area contributed by atoms with E-state index in [1.807, 2.05) is 0 Å². The lowest BCUT2D eigenvalue weighted by Gasteiger charge is -2.30. The fourth-order valence-electron chi connectivity index (χ4n) is 3.33. The minimum absolute atomic E-state index is 0.0508. The van der Waals surface area contributed by atoms with Gasteiger partial charge >= 0.3 is 0 Å². The van der Waals surface area contributed by atoms with E-state index in [9.17, 15) is 17.6 Å². The first-order valence-electron chi connectivity index (χ1n) is 9.49. The molecule has 0 aliphatic carbocycles. The molecule has 11 heteroatoms. The molecule has 3 aromatic rings. The number of piperidine rings is 1. The van der Waals surface area contributed by atoms with Gasteiger partial charge in [-0.05, 0) is 61.4 Å². The summed E-state index contributed by atoms with van der Waals surface area (Å²) < 4.78 is 40.4. The Bertz CT molecular complexity index is 1180. The summed E-state index contributed by atoms with van der Waals surface area (Å²) in [4.78, 5) is 12.5. The average Bonchev–Trinajstić information content (AvgIpc) is 3.26. The van der Waals surface area contributed by atoms with Crippen molar-refractivity contribution in [2.24, 2.45) is 0 Å². The zero-order valence-corrected chi connectivity index (χ0v) is 18.6. The number of anilines is 1. The Morgan fingerprint density at radius 1 is 1.13 bits per heavy atom. The molecule has 1 saturated heterocycles. The van der Waals surface area contributed by atoms with Crippen molar-refractivity contribution in [1.29, 1.82) is 0 Å². The number of carbonyl (C=O) groups excluding carboxylic acids is 1. The molecule has 1 atom stereocenters. The van der Waals surface area contributed by atoms with Gasteiger partial charge in [0.05, 0.1) is 4.90 Å². The predicted molar refractivity (Wildman–Crippen MR) is 116 cm³/mol. The number of nitrogens with zero attached hydrogens (tertiary/aromatic N) is 3. The van der Waals surface area contributed by atoms with E-state index in [-0.39, 0.29) is 22.4 Å². The Hall–Kier alpha value is -2.40. The number of hydrogen-bond acceptors (Lipinski definition) is 6. The largest absolute Gasteiger partial charge is 0.320 e. The number of sulfonamides is 1. The van der Waals surface area contributed by atoms with Gasteiger partial charge in [-0.25, -0.2) is 12.8 Å². The maximum atomic E-state index is 13.2. The Kier molecular flexibility index (Phi) is 6.33. The van der Waals surface area contributed by atoms with Crippen molar-refractivity contribution in [3.8, 4) is 0 Å². The summed E-state index contributed by atoms with van der Waals surface area (Å²) >= 11 is 7.00. The van der Waals surface area contributed by atoms with Crippen molar-refractivity contribution < 1.29 is 17.6 Å². The summed E-state index contributed by atoms with van der Waals surface area (Å²) in [5.74, 6) is -1.05. The smallest absolute Gasteiger partial charge is 0.286 e. The molecule has 1 amide bonds. The van der Waals surface area contributed by atoms with Crippen LogP contribution in [0, 0.1) is 5.82 Å². The number of nitrogens with one attached hydrogen (secondary N) is 1. The van der Waals surface area contributed by atoms with Gasteiger partial charge in [-0.1, -0.05) is 22.9 Å². The third kappa shape index (κ3) is 4.93. The van der Waals surface area contributed by atoms with E-state index in [4.69, 9.17) is 11.6 Å². The molecule has 162 valence electrons. The van der Waals surface area contributed by atoms with Crippen molar-refractivity contribution in [2.75, 3.05) is 18.4 Å². The van der Waals surface area contributed by atoms with Crippen LogP contribution in [0.4, 0.5) is 10.1 Å². The maximum absolute atomic E-state index is 13.2. The fraction of sp³-hybridized carbons (Fsp3) is 0.250. The number of carbonyl (C=O) groups is 1. The third-order valence-corrected chi connectivity index (χ3v) is 8.14. The van der Waals surface area contributed by atoms with Crippen LogP contribution in [-0.4, -0.2) is 41.9 Å². The van der Waals surface area contributed by atoms with E-state index in [1.165, 1.54) is 16.4 Å². The van der Waals surface area contributed by atoms with Crippen LogP contribution in [0.5, 0.6) is 0 Å². The van der Waals surface area contributed by atoms with Crippen molar-refractivity contribution in [2.45, 2.75) is 23.7 Å². The fourth-order valence-corrected chi connectivity index (χ4v) is 5.84. The molecule has 1 N–H and O–H groups in total. The van der Waals surface area contributed by atoms with Gasteiger partial charge in [0.2, 0.25) is 15.0 Å². The first kappa shape index (κ1) is 21.8. The molecular weight excluding hydrogens is 463 g/mol. The molecule has 7 nitrogen and oxygen atoms in total. The minimum Gasteiger partial charge on any atom is -0.320 e. The molecule has 0 saturated carbocycles. The SMILES string of the molecule is O=C(Nc1ccc(Cl)cc1)c1nnc([C@@H]2CCCN(S(=O)(=O)c3ccc(F)cc3)C2)s1. The zero-order valence-electron chi connectivity index (χ0n) is 16.2. The van der Waals surface area contributed by atoms with Crippen LogP contribution in [0.25, 0.3) is 0 Å². The number of halogens is 2.